The molecule has 2 aromatic rings. The third-order valence-electron chi connectivity index (χ3n) is 3.01. The van der Waals surface area contributed by atoms with Crippen molar-refractivity contribution >= 4 is 36.0 Å². The maximum absolute atomic E-state index is 11.6. The van der Waals surface area contributed by atoms with E-state index in [-0.39, 0.29) is 34.8 Å². The molecule has 2 rings (SSSR count). The Bertz CT molecular complexity index is 785. The molecular formula is C18H18N4O4S. The minimum atomic E-state index is -0.354. The lowest BCUT2D eigenvalue weighted by molar-refractivity contribution is -0.118. The summed E-state index contributed by atoms with van der Waals surface area (Å²) in [5, 5.41) is 26.2. The van der Waals surface area contributed by atoms with Gasteiger partial charge in [0.05, 0.1) is 23.9 Å². The van der Waals surface area contributed by atoms with Crippen LogP contribution in [0, 0.1) is 0 Å². The van der Waals surface area contributed by atoms with Crippen molar-refractivity contribution in [1.29, 1.82) is 0 Å². The van der Waals surface area contributed by atoms with Crippen LogP contribution in [0.2, 0.25) is 0 Å². The number of phenols is 2. The molecule has 0 spiro atoms. The van der Waals surface area contributed by atoms with Crippen molar-refractivity contribution in [3.05, 3.63) is 59.7 Å². The van der Waals surface area contributed by atoms with Crippen LogP contribution in [-0.4, -0.2) is 46.0 Å². The number of amides is 2. The van der Waals surface area contributed by atoms with Gasteiger partial charge in [-0.3, -0.25) is 9.59 Å². The number of hydrogen-bond acceptors (Lipinski definition) is 7. The van der Waals surface area contributed by atoms with Crippen LogP contribution < -0.4 is 10.9 Å². The fraction of sp³-hybridized carbons (Fsp3) is 0.111. The lowest BCUT2D eigenvalue weighted by Gasteiger charge is -2.01. The molecule has 0 aliphatic heterocycles. The van der Waals surface area contributed by atoms with Crippen LogP contribution >= 0.6 is 11.8 Å². The van der Waals surface area contributed by atoms with Gasteiger partial charge in [0.2, 0.25) is 11.8 Å². The van der Waals surface area contributed by atoms with Crippen molar-refractivity contribution in [2.24, 2.45) is 10.2 Å². The normalized spacial score (nSPS) is 11.0. The highest BCUT2D eigenvalue weighted by molar-refractivity contribution is 8.00. The number of nitrogens with one attached hydrogen (secondary N) is 2. The van der Waals surface area contributed by atoms with Gasteiger partial charge in [0.15, 0.2) is 0 Å². The van der Waals surface area contributed by atoms with E-state index >= 15 is 0 Å². The summed E-state index contributed by atoms with van der Waals surface area (Å²) >= 11 is 1.11. The van der Waals surface area contributed by atoms with Crippen LogP contribution in [0.15, 0.2) is 58.7 Å². The monoisotopic (exact) mass is 386 g/mol. The molecule has 0 aliphatic carbocycles. The molecule has 2 amide bonds. The van der Waals surface area contributed by atoms with Gasteiger partial charge in [0, 0.05) is 0 Å². The Labute approximate surface area is 160 Å². The minimum Gasteiger partial charge on any atom is -0.508 e. The first-order valence-corrected chi connectivity index (χ1v) is 8.98. The highest BCUT2D eigenvalue weighted by atomic mass is 32.2. The highest BCUT2D eigenvalue weighted by Gasteiger charge is 2.04. The number of carbonyl (C=O) groups is 2. The van der Waals surface area contributed by atoms with Crippen LogP contribution in [0.3, 0.4) is 0 Å². The largest absolute Gasteiger partial charge is 0.508 e. The fourth-order valence-electron chi connectivity index (χ4n) is 1.87. The molecule has 0 atom stereocenters. The summed E-state index contributed by atoms with van der Waals surface area (Å²) in [6, 6.07) is 12.9. The average molecular weight is 386 g/mol. The number of carbonyl (C=O) groups excluding carboxylic acids is 2. The summed E-state index contributed by atoms with van der Waals surface area (Å²) in [7, 11) is 0. The van der Waals surface area contributed by atoms with Crippen LogP contribution in [0.4, 0.5) is 0 Å². The van der Waals surface area contributed by atoms with Crippen molar-refractivity contribution < 1.29 is 19.8 Å². The zero-order valence-corrected chi connectivity index (χ0v) is 15.0. The van der Waals surface area contributed by atoms with Gasteiger partial charge in [0.1, 0.15) is 11.5 Å². The maximum atomic E-state index is 11.6. The standard InChI is InChI=1S/C18H18N4O4S/c23-15-5-1-3-13(7-15)9-19-21-17(25)11-27-12-18(26)22-20-10-14-4-2-6-16(24)8-14/h1-10,23-24H,11-12H2,(H,21,25)(H,22,26)/b19-9+,20-10+. The molecule has 140 valence electrons. The molecule has 0 bridgehead atoms. The first kappa shape index (κ1) is 20.0. The lowest BCUT2D eigenvalue weighted by atomic mass is 10.2. The number of aromatic hydroxyl groups is 2. The third-order valence-corrected chi connectivity index (χ3v) is 3.95. The van der Waals surface area contributed by atoms with E-state index in [4.69, 9.17) is 0 Å². The Hall–Kier alpha value is -3.33. The van der Waals surface area contributed by atoms with E-state index in [0.29, 0.717) is 11.1 Å². The molecular weight excluding hydrogens is 368 g/mol. The topological polar surface area (TPSA) is 123 Å². The van der Waals surface area contributed by atoms with E-state index in [1.807, 2.05) is 0 Å². The van der Waals surface area contributed by atoms with Crippen molar-refractivity contribution in [2.45, 2.75) is 0 Å². The van der Waals surface area contributed by atoms with Crippen LogP contribution in [0.25, 0.3) is 0 Å². The second-order valence-electron chi connectivity index (χ2n) is 5.27. The van der Waals surface area contributed by atoms with Crippen molar-refractivity contribution in [1.82, 2.24) is 10.9 Å². The van der Waals surface area contributed by atoms with Gasteiger partial charge in [-0.1, -0.05) is 24.3 Å². The predicted octanol–water partition coefficient (Wildman–Crippen LogP) is 1.43. The van der Waals surface area contributed by atoms with Gasteiger partial charge in [-0.2, -0.15) is 10.2 Å². The van der Waals surface area contributed by atoms with E-state index in [1.54, 1.807) is 24.3 Å². The van der Waals surface area contributed by atoms with E-state index in [1.165, 1.54) is 36.7 Å². The molecule has 0 aromatic heterocycles. The Morgan fingerprint density at radius 1 is 0.852 bits per heavy atom. The number of rotatable bonds is 8. The first-order valence-electron chi connectivity index (χ1n) is 7.82. The van der Waals surface area contributed by atoms with E-state index in [9.17, 15) is 19.8 Å². The van der Waals surface area contributed by atoms with Crippen LogP contribution in [-0.2, 0) is 9.59 Å². The summed E-state index contributed by atoms with van der Waals surface area (Å²) in [5.74, 6) is -0.376. The van der Waals surface area contributed by atoms with Gasteiger partial charge >= 0.3 is 0 Å². The van der Waals surface area contributed by atoms with Crippen LogP contribution in [0.5, 0.6) is 11.5 Å². The summed E-state index contributed by atoms with van der Waals surface area (Å²) in [6.45, 7) is 0. The van der Waals surface area contributed by atoms with Crippen molar-refractivity contribution in [3.8, 4) is 11.5 Å². The van der Waals surface area contributed by atoms with Gasteiger partial charge in [-0.15, -0.1) is 11.8 Å². The number of hydrazone groups is 2. The molecule has 2 aromatic carbocycles. The molecule has 0 fully saturated rings. The summed E-state index contributed by atoms with van der Waals surface area (Å²) in [6.07, 6.45) is 2.82. The smallest absolute Gasteiger partial charge is 0.250 e. The number of phenolic OH excluding ortho intramolecular Hbond substituents is 2. The molecule has 0 saturated carbocycles. The first-order chi connectivity index (χ1) is 13.0. The maximum Gasteiger partial charge on any atom is 0.250 e. The molecule has 8 nitrogen and oxygen atoms in total. The third kappa shape index (κ3) is 8.06. The van der Waals surface area contributed by atoms with Crippen molar-refractivity contribution in [2.75, 3.05) is 11.5 Å². The molecule has 0 radical (unpaired) electrons. The Kier molecular flexibility index (Phi) is 7.86. The quantitative estimate of drug-likeness (QED) is 0.404. The van der Waals surface area contributed by atoms with Gasteiger partial charge in [0.25, 0.3) is 0 Å². The van der Waals surface area contributed by atoms with Crippen LogP contribution in [0.1, 0.15) is 11.1 Å². The second kappa shape index (κ2) is 10.6. The van der Waals surface area contributed by atoms with E-state index in [2.05, 4.69) is 21.1 Å². The SMILES string of the molecule is O=C(CSCC(=O)N/N=C/c1cccc(O)c1)N/N=C/c1cccc(O)c1. The molecule has 4 N–H and O–H groups in total. The van der Waals surface area contributed by atoms with Crippen molar-refractivity contribution in [3.63, 3.8) is 0 Å². The summed E-state index contributed by atoms with van der Waals surface area (Å²) < 4.78 is 0. The molecule has 0 saturated heterocycles. The molecule has 9 heteroatoms. The molecule has 0 aliphatic rings. The lowest BCUT2D eigenvalue weighted by Crippen LogP contribution is -2.23. The van der Waals surface area contributed by atoms with Gasteiger partial charge < -0.3 is 10.2 Å². The fourth-order valence-corrected chi connectivity index (χ4v) is 2.47. The second-order valence-corrected chi connectivity index (χ2v) is 6.25. The Morgan fingerprint density at radius 2 is 1.30 bits per heavy atom. The minimum absolute atomic E-state index is 0.0566. The van der Waals surface area contributed by atoms with E-state index < -0.39 is 0 Å². The molecule has 0 heterocycles. The molecule has 0 unspecified atom stereocenters. The highest BCUT2D eigenvalue weighted by Crippen LogP contribution is 2.09. The van der Waals surface area contributed by atoms with E-state index in [0.717, 1.165) is 11.8 Å². The average Bonchev–Trinajstić information content (AvgIpc) is 2.62. The molecule has 27 heavy (non-hydrogen) atoms. The zero-order valence-electron chi connectivity index (χ0n) is 14.2. The zero-order chi connectivity index (χ0) is 19.5. The number of thioether (sulfide) groups is 1. The number of hydrogen-bond donors (Lipinski definition) is 4. The van der Waals surface area contributed by atoms with Gasteiger partial charge in [-0.25, -0.2) is 10.9 Å². The summed E-state index contributed by atoms with van der Waals surface area (Å²) in [4.78, 5) is 23.3. The Balaban J connectivity index is 1.63. The van der Waals surface area contributed by atoms with Gasteiger partial charge in [-0.05, 0) is 35.4 Å². The number of benzene rings is 2. The predicted molar refractivity (Wildman–Crippen MR) is 105 cm³/mol. The Morgan fingerprint density at radius 3 is 1.70 bits per heavy atom. The summed E-state index contributed by atoms with van der Waals surface area (Å²) in [5.41, 5.74) is 5.97. The number of nitrogens with zero attached hydrogens (tertiary/aromatic N) is 2.